The highest BCUT2D eigenvalue weighted by Crippen LogP contribution is 2.57. The maximum absolute atomic E-state index is 12.2. The highest BCUT2D eigenvalue weighted by molar-refractivity contribution is 5.76. The largest absolute Gasteiger partial charge is 0.459 e. The second-order valence-corrected chi connectivity index (χ2v) is 8.07. The van der Waals surface area contributed by atoms with Crippen LogP contribution in [0, 0.1) is 29.6 Å². The van der Waals surface area contributed by atoms with Crippen molar-refractivity contribution in [3.05, 3.63) is 0 Å². The zero-order chi connectivity index (χ0) is 13.8. The van der Waals surface area contributed by atoms with E-state index in [4.69, 9.17) is 10.5 Å². The molecule has 1 unspecified atom stereocenters. The first-order chi connectivity index (χ1) is 8.83. The number of carbonyl (C=O) groups is 1. The maximum atomic E-state index is 12.2. The van der Waals surface area contributed by atoms with Crippen molar-refractivity contribution >= 4 is 5.97 Å². The van der Waals surface area contributed by atoms with Crippen molar-refractivity contribution in [3.63, 3.8) is 0 Å². The summed E-state index contributed by atoms with van der Waals surface area (Å²) in [5, 5.41) is 0. The second-order valence-electron chi connectivity index (χ2n) is 8.07. The summed E-state index contributed by atoms with van der Waals surface area (Å²) < 4.78 is 5.49. The van der Waals surface area contributed by atoms with Crippen LogP contribution in [0.2, 0.25) is 0 Å². The molecule has 0 aromatic heterocycles. The van der Waals surface area contributed by atoms with Crippen molar-refractivity contribution in [1.29, 1.82) is 0 Å². The molecule has 4 fully saturated rings. The molecule has 0 heterocycles. The first-order valence-corrected chi connectivity index (χ1v) is 7.82. The molecule has 4 aliphatic carbocycles. The summed E-state index contributed by atoms with van der Waals surface area (Å²) in [6, 6.07) is -0.408. The molecule has 0 spiro atoms. The van der Waals surface area contributed by atoms with Crippen LogP contribution in [0.4, 0.5) is 0 Å². The molecule has 4 saturated carbocycles. The fourth-order valence-electron chi connectivity index (χ4n) is 5.08. The lowest BCUT2D eigenvalue weighted by Gasteiger charge is -2.55. The van der Waals surface area contributed by atoms with E-state index in [9.17, 15) is 4.79 Å². The predicted molar refractivity (Wildman–Crippen MR) is 74.4 cm³/mol. The van der Waals surface area contributed by atoms with Gasteiger partial charge in [-0.3, -0.25) is 4.79 Å². The molecular formula is C16H27NO2. The fraction of sp³-hybridized carbons (Fsp3) is 0.938. The number of nitrogens with two attached hydrogens (primary N) is 1. The molecule has 3 heteroatoms. The molecule has 3 nitrogen and oxygen atoms in total. The molecule has 0 amide bonds. The Morgan fingerprint density at radius 3 is 1.95 bits per heavy atom. The first kappa shape index (κ1) is 13.4. The summed E-state index contributed by atoms with van der Waals surface area (Å²) in [6.45, 7) is 5.73. The van der Waals surface area contributed by atoms with Gasteiger partial charge in [-0.15, -0.1) is 0 Å². The number of hydrogen-bond acceptors (Lipinski definition) is 3. The Kier molecular flexibility index (Phi) is 3.16. The lowest BCUT2D eigenvalue weighted by atomic mass is 9.50. The zero-order valence-corrected chi connectivity index (χ0v) is 12.4. The minimum atomic E-state index is -0.430. The maximum Gasteiger partial charge on any atom is 0.323 e. The van der Waals surface area contributed by atoms with E-state index in [0.29, 0.717) is 17.8 Å². The van der Waals surface area contributed by atoms with E-state index in [1.807, 2.05) is 20.8 Å². The molecule has 108 valence electrons. The summed E-state index contributed by atoms with van der Waals surface area (Å²) in [6.07, 6.45) is 6.63. The molecule has 4 aliphatic rings. The number of ether oxygens (including phenoxy) is 1. The van der Waals surface area contributed by atoms with Crippen molar-refractivity contribution in [3.8, 4) is 0 Å². The van der Waals surface area contributed by atoms with Gasteiger partial charge in [-0.25, -0.2) is 0 Å². The smallest absolute Gasteiger partial charge is 0.323 e. The van der Waals surface area contributed by atoms with Crippen molar-refractivity contribution in [2.24, 2.45) is 35.3 Å². The Morgan fingerprint density at radius 1 is 1.05 bits per heavy atom. The average molecular weight is 265 g/mol. The molecule has 19 heavy (non-hydrogen) atoms. The molecule has 4 bridgehead atoms. The van der Waals surface area contributed by atoms with Gasteiger partial charge in [0.15, 0.2) is 0 Å². The predicted octanol–water partition coefficient (Wildman–Crippen LogP) is 2.73. The van der Waals surface area contributed by atoms with E-state index < -0.39 is 11.6 Å². The standard InChI is InChI=1S/C16H27NO2/c1-16(2,3)19-15(18)14(17)13-11-5-9-4-10(7-11)8-12(13)6-9/h9-14H,4-8,17H2,1-3H3. The van der Waals surface area contributed by atoms with Crippen molar-refractivity contribution < 1.29 is 9.53 Å². The summed E-state index contributed by atoms with van der Waals surface area (Å²) in [5.41, 5.74) is 5.85. The number of rotatable bonds is 2. The molecule has 1 atom stereocenters. The van der Waals surface area contributed by atoms with Crippen LogP contribution in [-0.2, 0) is 9.53 Å². The van der Waals surface area contributed by atoms with Gasteiger partial charge in [-0.2, -0.15) is 0 Å². The minimum Gasteiger partial charge on any atom is -0.459 e. The average Bonchev–Trinajstić information content (AvgIpc) is 2.24. The number of esters is 1. The van der Waals surface area contributed by atoms with Crippen molar-refractivity contribution in [2.75, 3.05) is 0 Å². The molecule has 4 rings (SSSR count). The molecule has 0 aromatic rings. The Bertz CT molecular complexity index is 343. The molecule has 0 saturated heterocycles. The Hall–Kier alpha value is -0.570. The third-order valence-electron chi connectivity index (χ3n) is 5.39. The second kappa shape index (κ2) is 4.47. The van der Waals surface area contributed by atoms with E-state index in [-0.39, 0.29) is 5.97 Å². The quantitative estimate of drug-likeness (QED) is 0.781. The highest BCUT2D eigenvalue weighted by Gasteiger charge is 2.51. The van der Waals surface area contributed by atoms with Gasteiger partial charge >= 0.3 is 5.97 Å². The van der Waals surface area contributed by atoms with Gasteiger partial charge in [-0.1, -0.05) is 0 Å². The van der Waals surface area contributed by atoms with Crippen LogP contribution in [0.5, 0.6) is 0 Å². The van der Waals surface area contributed by atoms with Crippen LogP contribution >= 0.6 is 0 Å². The van der Waals surface area contributed by atoms with Crippen molar-refractivity contribution in [2.45, 2.75) is 64.5 Å². The zero-order valence-electron chi connectivity index (χ0n) is 12.4. The molecule has 0 radical (unpaired) electrons. The lowest BCUT2D eigenvalue weighted by Crippen LogP contribution is -2.55. The number of hydrogen-bond donors (Lipinski definition) is 1. The molecule has 0 aliphatic heterocycles. The van der Waals surface area contributed by atoms with Gasteiger partial charge in [0.05, 0.1) is 0 Å². The van der Waals surface area contributed by atoms with Gasteiger partial charge in [0.1, 0.15) is 11.6 Å². The molecule has 2 N–H and O–H groups in total. The van der Waals surface area contributed by atoms with E-state index in [1.54, 1.807) is 0 Å². The summed E-state index contributed by atoms with van der Waals surface area (Å²) in [7, 11) is 0. The van der Waals surface area contributed by atoms with E-state index in [2.05, 4.69) is 0 Å². The van der Waals surface area contributed by atoms with Crippen LogP contribution in [0.15, 0.2) is 0 Å². The normalized spacial score (nSPS) is 42.2. The van der Waals surface area contributed by atoms with Crippen LogP contribution < -0.4 is 5.73 Å². The highest BCUT2D eigenvalue weighted by atomic mass is 16.6. The van der Waals surface area contributed by atoms with Crippen LogP contribution in [0.1, 0.15) is 52.9 Å². The van der Waals surface area contributed by atoms with Gasteiger partial charge in [-0.05, 0) is 82.5 Å². The molecular weight excluding hydrogens is 238 g/mol. The third kappa shape index (κ3) is 2.54. The molecule has 0 aromatic carbocycles. The Morgan fingerprint density at radius 2 is 1.53 bits per heavy atom. The van der Waals surface area contributed by atoms with Gasteiger partial charge in [0, 0.05) is 0 Å². The van der Waals surface area contributed by atoms with E-state index in [0.717, 1.165) is 11.8 Å². The Balaban J connectivity index is 1.70. The number of carbonyl (C=O) groups excluding carboxylic acids is 1. The minimum absolute atomic E-state index is 0.190. The van der Waals surface area contributed by atoms with Crippen LogP contribution in [0.25, 0.3) is 0 Å². The summed E-state index contributed by atoms with van der Waals surface area (Å²) in [5.74, 6) is 3.39. The lowest BCUT2D eigenvalue weighted by molar-refractivity contribution is -0.162. The summed E-state index contributed by atoms with van der Waals surface area (Å²) in [4.78, 5) is 12.2. The SMILES string of the molecule is CC(C)(C)OC(=O)C(N)C1C2CC3CC(C2)CC1C3. The van der Waals surface area contributed by atoms with E-state index in [1.165, 1.54) is 32.1 Å². The van der Waals surface area contributed by atoms with Crippen LogP contribution in [-0.4, -0.2) is 17.6 Å². The third-order valence-corrected chi connectivity index (χ3v) is 5.39. The fourth-order valence-corrected chi connectivity index (χ4v) is 5.08. The summed E-state index contributed by atoms with van der Waals surface area (Å²) >= 11 is 0. The van der Waals surface area contributed by atoms with Gasteiger partial charge in [0.25, 0.3) is 0 Å². The first-order valence-electron chi connectivity index (χ1n) is 7.82. The van der Waals surface area contributed by atoms with E-state index >= 15 is 0 Å². The van der Waals surface area contributed by atoms with Gasteiger partial charge in [0.2, 0.25) is 0 Å². The van der Waals surface area contributed by atoms with Crippen molar-refractivity contribution in [1.82, 2.24) is 0 Å². The van der Waals surface area contributed by atoms with Gasteiger partial charge < -0.3 is 10.5 Å². The monoisotopic (exact) mass is 265 g/mol. The topological polar surface area (TPSA) is 52.3 Å². The Labute approximate surface area is 116 Å². The van der Waals surface area contributed by atoms with Crippen LogP contribution in [0.3, 0.4) is 0 Å².